The third kappa shape index (κ3) is 3.61. The number of halogens is 3. The smallest absolute Gasteiger partial charge is 0.416 e. The number of amides is 1. The zero-order chi connectivity index (χ0) is 20.5. The first-order valence-electron chi connectivity index (χ1n) is 8.91. The highest BCUT2D eigenvalue weighted by Gasteiger charge is 2.47. The van der Waals surface area contributed by atoms with Gasteiger partial charge in [-0.05, 0) is 42.7 Å². The third-order valence-electron chi connectivity index (χ3n) is 5.01. The van der Waals surface area contributed by atoms with Crippen LogP contribution in [-0.4, -0.2) is 24.0 Å². The second kappa shape index (κ2) is 7.30. The molecule has 3 rings (SSSR count). The van der Waals surface area contributed by atoms with Crippen LogP contribution in [0.3, 0.4) is 0 Å². The van der Waals surface area contributed by atoms with Gasteiger partial charge in [0.25, 0.3) is 5.91 Å². The van der Waals surface area contributed by atoms with Crippen molar-refractivity contribution in [2.75, 3.05) is 6.61 Å². The van der Waals surface area contributed by atoms with Gasteiger partial charge in [0.1, 0.15) is 5.54 Å². The van der Waals surface area contributed by atoms with E-state index in [0.717, 1.165) is 17.2 Å². The van der Waals surface area contributed by atoms with Crippen LogP contribution in [0.5, 0.6) is 0 Å². The van der Waals surface area contributed by atoms with Crippen molar-refractivity contribution in [3.63, 3.8) is 0 Å². The topological polar surface area (TPSA) is 55.4 Å². The fourth-order valence-electron chi connectivity index (χ4n) is 3.64. The number of benzene rings is 2. The highest BCUT2D eigenvalue weighted by atomic mass is 19.4. The molecule has 0 atom stereocenters. The Hall–Kier alpha value is -2.83. The minimum atomic E-state index is -4.57. The maximum absolute atomic E-state index is 13.2. The van der Waals surface area contributed by atoms with Gasteiger partial charge in [-0.3, -0.25) is 4.79 Å². The number of rotatable bonds is 4. The molecule has 0 aliphatic heterocycles. The Balaban J connectivity index is 1.95. The molecular formula is C21H20F3NO3. The zero-order valence-corrected chi connectivity index (χ0v) is 15.5. The summed E-state index contributed by atoms with van der Waals surface area (Å²) < 4.78 is 44.7. The van der Waals surface area contributed by atoms with Crippen LogP contribution in [0.4, 0.5) is 13.2 Å². The molecule has 0 fully saturated rings. The van der Waals surface area contributed by atoms with Crippen molar-refractivity contribution in [1.82, 2.24) is 5.32 Å². The van der Waals surface area contributed by atoms with E-state index in [1.54, 1.807) is 6.92 Å². The number of nitrogens with one attached hydrogen (secondary N) is 1. The first-order chi connectivity index (χ1) is 13.2. The average Bonchev–Trinajstić information content (AvgIpc) is 3.00. The van der Waals surface area contributed by atoms with E-state index in [-0.39, 0.29) is 30.6 Å². The molecule has 148 valence electrons. The first-order valence-corrected chi connectivity index (χ1v) is 8.91. The number of hydrogen-bond acceptors (Lipinski definition) is 3. The monoisotopic (exact) mass is 391 g/mol. The van der Waals surface area contributed by atoms with Crippen molar-refractivity contribution in [2.24, 2.45) is 0 Å². The van der Waals surface area contributed by atoms with Crippen LogP contribution in [0.25, 0.3) is 0 Å². The first kappa shape index (κ1) is 19.9. The lowest BCUT2D eigenvalue weighted by Crippen LogP contribution is -2.56. The number of esters is 1. The lowest BCUT2D eigenvalue weighted by Gasteiger charge is -2.28. The molecular weight excluding hydrogens is 371 g/mol. The molecule has 28 heavy (non-hydrogen) atoms. The standard InChI is InChI=1S/C21H20F3NO3/c1-3-28-19(27)20(11-14-7-4-5-8-15(14)12-20)25-18(26)16-9-6-10-17(13(16)2)21(22,23)24/h4-10H,3,11-12H2,1-2H3,(H,25,26). The van der Waals surface area contributed by atoms with Crippen LogP contribution < -0.4 is 5.32 Å². The maximum Gasteiger partial charge on any atom is 0.416 e. The molecule has 0 bridgehead atoms. The molecule has 0 radical (unpaired) electrons. The summed E-state index contributed by atoms with van der Waals surface area (Å²) in [4.78, 5) is 25.6. The summed E-state index contributed by atoms with van der Waals surface area (Å²) in [5.74, 6) is -1.33. The highest BCUT2D eigenvalue weighted by Crippen LogP contribution is 2.34. The van der Waals surface area contributed by atoms with Gasteiger partial charge in [-0.25, -0.2) is 4.79 Å². The van der Waals surface area contributed by atoms with E-state index < -0.39 is 29.2 Å². The fourth-order valence-corrected chi connectivity index (χ4v) is 3.64. The molecule has 1 aliphatic rings. The molecule has 1 aliphatic carbocycles. The second-order valence-electron chi connectivity index (χ2n) is 6.85. The van der Waals surface area contributed by atoms with Crippen molar-refractivity contribution in [1.29, 1.82) is 0 Å². The van der Waals surface area contributed by atoms with Gasteiger partial charge >= 0.3 is 12.1 Å². The van der Waals surface area contributed by atoms with Crippen LogP contribution in [-0.2, 0) is 28.5 Å². The Labute approximate surface area is 160 Å². The Morgan fingerprint density at radius 2 is 1.68 bits per heavy atom. The number of hydrogen-bond donors (Lipinski definition) is 1. The molecule has 0 unspecified atom stereocenters. The normalized spacial score (nSPS) is 15.0. The fraction of sp³-hybridized carbons (Fsp3) is 0.333. The van der Waals surface area contributed by atoms with Gasteiger partial charge in [-0.15, -0.1) is 0 Å². The molecule has 1 amide bonds. The van der Waals surface area contributed by atoms with E-state index in [1.165, 1.54) is 19.1 Å². The number of carbonyl (C=O) groups excluding carboxylic acids is 2. The maximum atomic E-state index is 13.2. The predicted molar refractivity (Wildman–Crippen MR) is 96.9 cm³/mol. The number of fused-ring (bicyclic) bond motifs is 1. The summed E-state index contributed by atoms with van der Waals surface area (Å²) in [6.07, 6.45) is -4.11. The molecule has 0 spiro atoms. The predicted octanol–water partition coefficient (Wildman–Crippen LogP) is 3.84. The zero-order valence-electron chi connectivity index (χ0n) is 15.5. The van der Waals surface area contributed by atoms with Gasteiger partial charge in [0.05, 0.1) is 12.2 Å². The van der Waals surface area contributed by atoms with Crippen molar-refractivity contribution in [2.45, 2.75) is 38.4 Å². The lowest BCUT2D eigenvalue weighted by atomic mass is 9.94. The molecule has 0 saturated carbocycles. The quantitative estimate of drug-likeness (QED) is 0.806. The summed E-state index contributed by atoms with van der Waals surface area (Å²) in [6.45, 7) is 3.04. The van der Waals surface area contributed by atoms with E-state index in [0.29, 0.717) is 0 Å². The van der Waals surface area contributed by atoms with E-state index >= 15 is 0 Å². The molecule has 1 N–H and O–H groups in total. The SMILES string of the molecule is CCOC(=O)C1(NC(=O)c2cccc(C(F)(F)F)c2C)Cc2ccccc2C1. The van der Waals surface area contributed by atoms with Crippen molar-refractivity contribution >= 4 is 11.9 Å². The molecule has 7 heteroatoms. The largest absolute Gasteiger partial charge is 0.464 e. The summed E-state index contributed by atoms with van der Waals surface area (Å²) in [7, 11) is 0. The van der Waals surface area contributed by atoms with Gasteiger partial charge in [0, 0.05) is 18.4 Å². The second-order valence-corrected chi connectivity index (χ2v) is 6.85. The summed E-state index contributed by atoms with van der Waals surface area (Å²) >= 11 is 0. The number of ether oxygens (including phenoxy) is 1. The van der Waals surface area contributed by atoms with Crippen molar-refractivity contribution < 1.29 is 27.5 Å². The summed E-state index contributed by atoms with van der Waals surface area (Å²) in [5, 5.41) is 2.68. The number of alkyl halides is 3. The van der Waals surface area contributed by atoms with E-state index in [9.17, 15) is 22.8 Å². The van der Waals surface area contributed by atoms with Crippen LogP contribution in [0.1, 0.15) is 39.5 Å². The van der Waals surface area contributed by atoms with Gasteiger partial charge in [0.2, 0.25) is 0 Å². The van der Waals surface area contributed by atoms with E-state index in [2.05, 4.69) is 5.32 Å². The third-order valence-corrected chi connectivity index (χ3v) is 5.01. The minimum absolute atomic E-state index is 0.116. The van der Waals surface area contributed by atoms with Crippen molar-refractivity contribution in [3.05, 3.63) is 70.3 Å². The Morgan fingerprint density at radius 1 is 1.07 bits per heavy atom. The Kier molecular flexibility index (Phi) is 5.19. The molecule has 0 aromatic heterocycles. The van der Waals surface area contributed by atoms with Crippen LogP contribution in [0, 0.1) is 6.92 Å². The van der Waals surface area contributed by atoms with Crippen LogP contribution in [0.2, 0.25) is 0 Å². The molecule has 2 aromatic rings. The van der Waals surface area contributed by atoms with Crippen LogP contribution in [0.15, 0.2) is 42.5 Å². The number of carbonyl (C=O) groups is 2. The molecule has 0 saturated heterocycles. The minimum Gasteiger partial charge on any atom is -0.464 e. The summed E-state index contributed by atoms with van der Waals surface area (Å²) in [6, 6.07) is 10.8. The lowest BCUT2D eigenvalue weighted by molar-refractivity contribution is -0.150. The van der Waals surface area contributed by atoms with Gasteiger partial charge in [-0.2, -0.15) is 13.2 Å². The van der Waals surface area contributed by atoms with Crippen LogP contribution >= 0.6 is 0 Å². The molecule has 0 heterocycles. The Morgan fingerprint density at radius 3 is 2.21 bits per heavy atom. The van der Waals surface area contributed by atoms with Gasteiger partial charge in [-0.1, -0.05) is 30.3 Å². The highest BCUT2D eigenvalue weighted by molar-refractivity contribution is 6.00. The Bertz CT molecular complexity index is 896. The average molecular weight is 391 g/mol. The van der Waals surface area contributed by atoms with E-state index in [1.807, 2.05) is 24.3 Å². The van der Waals surface area contributed by atoms with Gasteiger partial charge < -0.3 is 10.1 Å². The molecule has 2 aromatic carbocycles. The van der Waals surface area contributed by atoms with E-state index in [4.69, 9.17) is 4.74 Å². The summed E-state index contributed by atoms with van der Waals surface area (Å²) in [5.41, 5.74) is -0.706. The van der Waals surface area contributed by atoms with Crippen molar-refractivity contribution in [3.8, 4) is 0 Å². The van der Waals surface area contributed by atoms with Gasteiger partial charge in [0.15, 0.2) is 0 Å². The molecule has 4 nitrogen and oxygen atoms in total.